The van der Waals surface area contributed by atoms with Gasteiger partial charge < -0.3 is 14.8 Å². The highest BCUT2D eigenvalue weighted by atomic mass is 32.1. The summed E-state index contributed by atoms with van der Waals surface area (Å²) in [6.45, 7) is 0. The molecule has 1 saturated carbocycles. The van der Waals surface area contributed by atoms with Gasteiger partial charge in [-0.2, -0.15) is 0 Å². The summed E-state index contributed by atoms with van der Waals surface area (Å²) in [6.07, 6.45) is 8.22. The average Bonchev–Trinajstić information content (AvgIpc) is 3.15. The SMILES string of the molecule is COc1ccc2c(Oc3ccc4nc(NC5CCCCC5)sc4c3)ccnc2c1. The molecule has 4 aromatic rings. The van der Waals surface area contributed by atoms with E-state index in [1.807, 2.05) is 36.4 Å². The molecule has 0 aliphatic heterocycles. The molecule has 0 bridgehead atoms. The third kappa shape index (κ3) is 3.85. The molecule has 2 aromatic carbocycles. The van der Waals surface area contributed by atoms with Crippen molar-refractivity contribution in [3.63, 3.8) is 0 Å². The van der Waals surface area contributed by atoms with E-state index in [-0.39, 0.29) is 0 Å². The highest BCUT2D eigenvalue weighted by Crippen LogP contribution is 2.35. The number of ether oxygens (including phenoxy) is 2. The van der Waals surface area contributed by atoms with Crippen LogP contribution in [-0.4, -0.2) is 23.1 Å². The molecule has 1 aliphatic rings. The third-order valence-corrected chi connectivity index (χ3v) is 6.38. The van der Waals surface area contributed by atoms with Crippen LogP contribution < -0.4 is 14.8 Å². The molecule has 0 radical (unpaired) electrons. The van der Waals surface area contributed by atoms with Crippen LogP contribution in [0.15, 0.2) is 48.7 Å². The van der Waals surface area contributed by atoms with E-state index < -0.39 is 0 Å². The lowest BCUT2D eigenvalue weighted by Gasteiger charge is -2.22. The van der Waals surface area contributed by atoms with Crippen molar-refractivity contribution in [3.05, 3.63) is 48.7 Å². The van der Waals surface area contributed by atoms with Gasteiger partial charge in [0.1, 0.15) is 17.2 Å². The molecule has 5 nitrogen and oxygen atoms in total. The van der Waals surface area contributed by atoms with Gasteiger partial charge in [-0.25, -0.2) is 4.98 Å². The number of methoxy groups -OCH3 is 1. The fourth-order valence-corrected chi connectivity index (χ4v) is 4.87. The Morgan fingerprint density at radius 3 is 2.69 bits per heavy atom. The Kier molecular flexibility index (Phi) is 4.94. The maximum Gasteiger partial charge on any atom is 0.184 e. The second-order valence-electron chi connectivity index (χ2n) is 7.42. The Balaban J connectivity index is 1.40. The van der Waals surface area contributed by atoms with Crippen LogP contribution in [0.4, 0.5) is 5.13 Å². The number of anilines is 1. The van der Waals surface area contributed by atoms with Gasteiger partial charge in [0.15, 0.2) is 5.13 Å². The van der Waals surface area contributed by atoms with Crippen LogP contribution in [0.5, 0.6) is 17.2 Å². The summed E-state index contributed by atoms with van der Waals surface area (Å²) in [7, 11) is 1.66. The minimum atomic E-state index is 0.556. The largest absolute Gasteiger partial charge is 0.497 e. The van der Waals surface area contributed by atoms with E-state index in [9.17, 15) is 0 Å². The molecule has 6 heteroatoms. The summed E-state index contributed by atoms with van der Waals surface area (Å²) in [5.74, 6) is 2.36. The number of nitrogens with zero attached hydrogens (tertiary/aromatic N) is 2. The lowest BCUT2D eigenvalue weighted by atomic mass is 9.96. The van der Waals surface area contributed by atoms with E-state index in [1.54, 1.807) is 24.6 Å². The van der Waals surface area contributed by atoms with Crippen molar-refractivity contribution in [3.8, 4) is 17.2 Å². The normalized spacial score (nSPS) is 14.9. The van der Waals surface area contributed by atoms with Gasteiger partial charge in [-0.15, -0.1) is 0 Å². The lowest BCUT2D eigenvalue weighted by Crippen LogP contribution is -2.21. The first-order chi connectivity index (χ1) is 14.3. The molecule has 2 aromatic heterocycles. The first-order valence-electron chi connectivity index (χ1n) is 10.1. The van der Waals surface area contributed by atoms with Crippen molar-refractivity contribution < 1.29 is 9.47 Å². The van der Waals surface area contributed by atoms with Crippen LogP contribution in [0, 0.1) is 0 Å². The minimum Gasteiger partial charge on any atom is -0.497 e. The van der Waals surface area contributed by atoms with Crippen LogP contribution in [-0.2, 0) is 0 Å². The number of hydrogen-bond acceptors (Lipinski definition) is 6. The number of pyridine rings is 1. The first-order valence-corrected chi connectivity index (χ1v) is 10.9. The fraction of sp³-hybridized carbons (Fsp3) is 0.304. The van der Waals surface area contributed by atoms with Crippen molar-refractivity contribution in [1.82, 2.24) is 9.97 Å². The van der Waals surface area contributed by atoms with E-state index in [0.29, 0.717) is 6.04 Å². The summed E-state index contributed by atoms with van der Waals surface area (Å²) in [6, 6.07) is 14.3. The average molecular weight is 406 g/mol. The first kappa shape index (κ1) is 18.2. The molecule has 2 heterocycles. The molecular formula is C23H23N3O2S. The Bertz CT molecular complexity index is 1150. The topological polar surface area (TPSA) is 56.3 Å². The molecule has 29 heavy (non-hydrogen) atoms. The van der Waals surface area contributed by atoms with Crippen LogP contribution in [0.1, 0.15) is 32.1 Å². The summed E-state index contributed by atoms with van der Waals surface area (Å²) >= 11 is 1.69. The van der Waals surface area contributed by atoms with Gasteiger partial charge in [-0.05, 0) is 43.2 Å². The summed E-state index contributed by atoms with van der Waals surface area (Å²) in [4.78, 5) is 9.18. The predicted octanol–water partition coefficient (Wildman–Crippen LogP) is 6.39. The van der Waals surface area contributed by atoms with Gasteiger partial charge in [0.05, 0.1) is 22.8 Å². The Labute approximate surface area is 173 Å². The molecule has 0 amide bonds. The van der Waals surface area contributed by atoms with Crippen LogP contribution >= 0.6 is 11.3 Å². The molecule has 0 atom stereocenters. The number of thiazole rings is 1. The van der Waals surface area contributed by atoms with E-state index >= 15 is 0 Å². The number of benzene rings is 2. The Hall–Kier alpha value is -2.86. The van der Waals surface area contributed by atoms with E-state index in [4.69, 9.17) is 14.5 Å². The highest BCUT2D eigenvalue weighted by Gasteiger charge is 2.15. The fourth-order valence-electron chi connectivity index (χ4n) is 3.90. The molecule has 1 aliphatic carbocycles. The van der Waals surface area contributed by atoms with E-state index in [2.05, 4.69) is 16.4 Å². The zero-order chi connectivity index (χ0) is 19.6. The standard InChI is InChI=1S/C23H23N3O2S/c1-27-16-7-9-18-20(13-16)24-12-11-21(18)28-17-8-10-19-22(14-17)29-23(26-19)25-15-5-3-2-4-6-15/h7-15H,2-6H2,1H3,(H,25,26). The quantitative estimate of drug-likeness (QED) is 0.417. The molecule has 0 spiro atoms. The molecule has 0 saturated heterocycles. The van der Waals surface area contributed by atoms with Crippen LogP contribution in [0.2, 0.25) is 0 Å². The third-order valence-electron chi connectivity index (χ3n) is 5.43. The van der Waals surface area contributed by atoms with Gasteiger partial charge in [-0.1, -0.05) is 30.6 Å². The van der Waals surface area contributed by atoms with Gasteiger partial charge in [0.2, 0.25) is 0 Å². The van der Waals surface area contributed by atoms with Crippen LogP contribution in [0.3, 0.4) is 0 Å². The maximum atomic E-state index is 6.21. The molecule has 0 unspecified atom stereocenters. The van der Waals surface area contributed by atoms with Gasteiger partial charge in [0, 0.05) is 29.8 Å². The number of hydrogen-bond donors (Lipinski definition) is 1. The molecule has 1 fully saturated rings. The Morgan fingerprint density at radius 2 is 1.83 bits per heavy atom. The zero-order valence-electron chi connectivity index (χ0n) is 16.4. The summed E-state index contributed by atoms with van der Waals surface area (Å²) in [5, 5.41) is 5.58. The molecular weight excluding hydrogens is 382 g/mol. The number of aromatic nitrogens is 2. The second kappa shape index (κ2) is 7.87. The molecule has 5 rings (SSSR count). The zero-order valence-corrected chi connectivity index (χ0v) is 17.2. The predicted molar refractivity (Wildman–Crippen MR) is 118 cm³/mol. The van der Waals surface area contributed by atoms with Crippen molar-refractivity contribution in [1.29, 1.82) is 0 Å². The maximum absolute atomic E-state index is 6.21. The molecule has 1 N–H and O–H groups in total. The number of fused-ring (bicyclic) bond motifs is 2. The van der Waals surface area contributed by atoms with Crippen molar-refractivity contribution in [2.45, 2.75) is 38.1 Å². The lowest BCUT2D eigenvalue weighted by molar-refractivity contribution is 0.415. The van der Waals surface area contributed by atoms with Gasteiger partial charge in [-0.3, -0.25) is 4.98 Å². The van der Waals surface area contributed by atoms with E-state index in [1.165, 1.54) is 32.1 Å². The smallest absolute Gasteiger partial charge is 0.184 e. The number of nitrogens with one attached hydrogen (secondary N) is 1. The molecule has 148 valence electrons. The second-order valence-corrected chi connectivity index (χ2v) is 8.45. The highest BCUT2D eigenvalue weighted by molar-refractivity contribution is 7.22. The Morgan fingerprint density at radius 1 is 0.966 bits per heavy atom. The van der Waals surface area contributed by atoms with Crippen LogP contribution in [0.25, 0.3) is 21.1 Å². The van der Waals surface area contributed by atoms with Crippen molar-refractivity contribution in [2.75, 3.05) is 12.4 Å². The monoisotopic (exact) mass is 405 g/mol. The van der Waals surface area contributed by atoms with Crippen molar-refractivity contribution >= 4 is 37.6 Å². The minimum absolute atomic E-state index is 0.556. The van der Waals surface area contributed by atoms with Gasteiger partial charge >= 0.3 is 0 Å². The summed E-state index contributed by atoms with van der Waals surface area (Å²) in [5.41, 5.74) is 1.85. The van der Waals surface area contributed by atoms with Gasteiger partial charge in [0.25, 0.3) is 0 Å². The number of rotatable bonds is 5. The summed E-state index contributed by atoms with van der Waals surface area (Å²) < 4.78 is 12.6. The van der Waals surface area contributed by atoms with Crippen molar-refractivity contribution in [2.24, 2.45) is 0 Å². The van der Waals surface area contributed by atoms with E-state index in [0.717, 1.165) is 43.5 Å².